The molecule has 4 rings (SSSR count). The first-order valence-electron chi connectivity index (χ1n) is 6.80. The van der Waals surface area contributed by atoms with E-state index in [2.05, 4.69) is 4.98 Å². The highest BCUT2D eigenvalue weighted by atomic mass is 35.5. The van der Waals surface area contributed by atoms with E-state index in [9.17, 15) is 9.50 Å². The molecular weight excluding hydrogens is 291 g/mol. The number of nitrogens with zero attached hydrogens (tertiary/aromatic N) is 2. The smallest absolute Gasteiger partial charge is 0.148 e. The number of imidazole rings is 1. The normalized spacial score (nSPS) is 14.8. The minimum absolute atomic E-state index is 0.0988. The maximum absolute atomic E-state index is 14.2. The number of hydrogen-bond donors (Lipinski definition) is 1. The first kappa shape index (κ1) is 12.7. The highest BCUT2D eigenvalue weighted by Crippen LogP contribution is 2.43. The minimum atomic E-state index is -0.474. The summed E-state index contributed by atoms with van der Waals surface area (Å²) < 4.78 is 16.2. The molecule has 5 heteroatoms. The fourth-order valence-electron chi connectivity index (χ4n) is 2.68. The average Bonchev–Trinajstić information content (AvgIpc) is 3.20. The van der Waals surface area contributed by atoms with E-state index >= 15 is 0 Å². The van der Waals surface area contributed by atoms with Crippen LogP contribution < -0.4 is 0 Å². The van der Waals surface area contributed by atoms with Crippen molar-refractivity contribution in [2.75, 3.05) is 0 Å². The molecule has 1 saturated carbocycles. The topological polar surface area (TPSA) is 38.1 Å². The second-order valence-electron chi connectivity index (χ2n) is 5.30. The van der Waals surface area contributed by atoms with Gasteiger partial charge in [-0.25, -0.2) is 9.37 Å². The molecule has 1 aliphatic rings. The number of aromatic hydroxyl groups is 1. The van der Waals surface area contributed by atoms with E-state index in [1.165, 1.54) is 18.2 Å². The Kier molecular flexibility index (Phi) is 2.69. The van der Waals surface area contributed by atoms with Gasteiger partial charge < -0.3 is 9.67 Å². The molecule has 0 radical (unpaired) electrons. The van der Waals surface area contributed by atoms with Gasteiger partial charge >= 0.3 is 0 Å². The van der Waals surface area contributed by atoms with E-state index in [0.717, 1.165) is 18.4 Å². The van der Waals surface area contributed by atoms with Crippen LogP contribution in [0.15, 0.2) is 36.4 Å². The predicted molar refractivity (Wildman–Crippen MR) is 80.1 cm³/mol. The molecule has 0 atom stereocenters. The summed E-state index contributed by atoms with van der Waals surface area (Å²) in [5.41, 5.74) is 1.78. The van der Waals surface area contributed by atoms with Crippen LogP contribution in [-0.2, 0) is 0 Å². The highest BCUT2D eigenvalue weighted by molar-refractivity contribution is 6.31. The Morgan fingerprint density at radius 3 is 2.76 bits per heavy atom. The number of aromatic nitrogens is 2. The van der Waals surface area contributed by atoms with Crippen molar-refractivity contribution >= 4 is 22.6 Å². The quantitative estimate of drug-likeness (QED) is 0.755. The molecule has 0 amide bonds. The fourth-order valence-corrected chi connectivity index (χ4v) is 2.85. The molecule has 21 heavy (non-hydrogen) atoms. The number of rotatable bonds is 2. The number of phenolic OH excluding ortho intramolecular Hbond substituents is 1. The second kappa shape index (κ2) is 4.46. The van der Waals surface area contributed by atoms with Gasteiger partial charge in [-0.3, -0.25) is 0 Å². The standard InChI is InChI=1S/C16H12ClFN2O/c17-9-4-7-13-12(8-9)19-16(20(13)10-5-6-10)15-11(18)2-1-3-14(15)21/h1-4,7-8,10,21H,5-6H2. The molecule has 0 unspecified atom stereocenters. The van der Waals surface area contributed by atoms with Crippen LogP contribution in [0.1, 0.15) is 18.9 Å². The molecule has 1 N–H and O–H groups in total. The molecular formula is C16H12ClFN2O. The van der Waals surface area contributed by atoms with Gasteiger partial charge in [0.05, 0.1) is 16.6 Å². The third-order valence-electron chi connectivity index (χ3n) is 3.78. The summed E-state index contributed by atoms with van der Waals surface area (Å²) in [5.74, 6) is -0.109. The van der Waals surface area contributed by atoms with Crippen molar-refractivity contribution in [3.63, 3.8) is 0 Å². The van der Waals surface area contributed by atoms with Crippen LogP contribution in [0.3, 0.4) is 0 Å². The molecule has 106 valence electrons. The summed E-state index contributed by atoms with van der Waals surface area (Å²) in [6.07, 6.45) is 2.08. The molecule has 3 aromatic rings. The van der Waals surface area contributed by atoms with E-state index in [4.69, 9.17) is 11.6 Å². The van der Waals surface area contributed by atoms with Gasteiger partial charge in [0.2, 0.25) is 0 Å². The third-order valence-corrected chi connectivity index (χ3v) is 4.01. The van der Waals surface area contributed by atoms with Gasteiger partial charge in [-0.05, 0) is 43.2 Å². The van der Waals surface area contributed by atoms with E-state index in [1.807, 2.05) is 10.6 Å². The monoisotopic (exact) mass is 302 g/mol. The molecule has 0 bridgehead atoms. The van der Waals surface area contributed by atoms with Crippen LogP contribution in [-0.4, -0.2) is 14.7 Å². The number of phenols is 1. The zero-order valence-electron chi connectivity index (χ0n) is 11.1. The molecule has 1 fully saturated rings. The van der Waals surface area contributed by atoms with Gasteiger partial charge in [-0.1, -0.05) is 17.7 Å². The molecule has 1 aromatic heterocycles. The number of benzene rings is 2. The van der Waals surface area contributed by atoms with E-state index in [-0.39, 0.29) is 11.3 Å². The molecule has 1 heterocycles. The first-order chi connectivity index (χ1) is 10.1. The molecule has 3 nitrogen and oxygen atoms in total. The maximum atomic E-state index is 14.2. The predicted octanol–water partition coefficient (Wildman–Crippen LogP) is 4.54. The van der Waals surface area contributed by atoms with E-state index in [0.29, 0.717) is 22.4 Å². The Morgan fingerprint density at radius 1 is 1.24 bits per heavy atom. The van der Waals surface area contributed by atoms with Crippen molar-refractivity contribution in [2.45, 2.75) is 18.9 Å². The van der Waals surface area contributed by atoms with Gasteiger partial charge in [0, 0.05) is 11.1 Å². The molecule has 0 spiro atoms. The summed E-state index contributed by atoms with van der Waals surface area (Å²) in [7, 11) is 0. The summed E-state index contributed by atoms with van der Waals surface area (Å²) in [5, 5.41) is 10.6. The summed E-state index contributed by atoms with van der Waals surface area (Å²) in [6.45, 7) is 0. The van der Waals surface area contributed by atoms with Gasteiger partial charge in [0.15, 0.2) is 0 Å². The zero-order chi connectivity index (χ0) is 14.6. The molecule has 0 aliphatic heterocycles. The molecule has 2 aromatic carbocycles. The lowest BCUT2D eigenvalue weighted by atomic mass is 10.1. The van der Waals surface area contributed by atoms with E-state index in [1.54, 1.807) is 12.1 Å². The summed E-state index contributed by atoms with van der Waals surface area (Å²) in [6, 6.07) is 10.1. The second-order valence-corrected chi connectivity index (χ2v) is 5.74. The Morgan fingerprint density at radius 2 is 2.05 bits per heavy atom. The van der Waals surface area contributed by atoms with Gasteiger partial charge in [-0.15, -0.1) is 0 Å². The third kappa shape index (κ3) is 1.98. The van der Waals surface area contributed by atoms with Crippen molar-refractivity contribution in [3.8, 4) is 17.1 Å². The van der Waals surface area contributed by atoms with E-state index < -0.39 is 5.82 Å². The Labute approximate surface area is 125 Å². The molecule has 1 aliphatic carbocycles. The van der Waals surface area contributed by atoms with Gasteiger partial charge in [0.1, 0.15) is 17.4 Å². The highest BCUT2D eigenvalue weighted by Gasteiger charge is 2.30. The number of fused-ring (bicyclic) bond motifs is 1. The fraction of sp³-hybridized carbons (Fsp3) is 0.188. The van der Waals surface area contributed by atoms with Crippen LogP contribution in [0.4, 0.5) is 4.39 Å². The van der Waals surface area contributed by atoms with Crippen LogP contribution in [0.2, 0.25) is 5.02 Å². The van der Waals surface area contributed by atoms with Crippen LogP contribution >= 0.6 is 11.6 Å². The van der Waals surface area contributed by atoms with Gasteiger partial charge in [-0.2, -0.15) is 0 Å². The van der Waals surface area contributed by atoms with Crippen LogP contribution in [0.5, 0.6) is 5.75 Å². The number of hydrogen-bond acceptors (Lipinski definition) is 2. The van der Waals surface area contributed by atoms with Crippen molar-refractivity contribution in [1.29, 1.82) is 0 Å². The summed E-state index contributed by atoms with van der Waals surface area (Å²) in [4.78, 5) is 4.51. The minimum Gasteiger partial charge on any atom is -0.507 e. The first-order valence-corrected chi connectivity index (χ1v) is 7.18. The lowest BCUT2D eigenvalue weighted by Crippen LogP contribution is -1.99. The zero-order valence-corrected chi connectivity index (χ0v) is 11.8. The summed E-state index contributed by atoms with van der Waals surface area (Å²) >= 11 is 6.01. The van der Waals surface area contributed by atoms with Crippen LogP contribution in [0, 0.1) is 5.82 Å². The van der Waals surface area contributed by atoms with Crippen molar-refractivity contribution in [2.24, 2.45) is 0 Å². The number of halogens is 2. The van der Waals surface area contributed by atoms with Crippen molar-refractivity contribution < 1.29 is 9.50 Å². The Balaban J connectivity index is 2.06. The lowest BCUT2D eigenvalue weighted by Gasteiger charge is -2.09. The SMILES string of the molecule is Oc1cccc(F)c1-c1nc2cc(Cl)ccc2n1C1CC1. The lowest BCUT2D eigenvalue weighted by molar-refractivity contribution is 0.470. The van der Waals surface area contributed by atoms with Crippen LogP contribution in [0.25, 0.3) is 22.4 Å². The molecule has 0 saturated heterocycles. The Bertz CT molecular complexity index is 835. The van der Waals surface area contributed by atoms with Gasteiger partial charge in [0.25, 0.3) is 0 Å². The average molecular weight is 303 g/mol. The van der Waals surface area contributed by atoms with Crippen molar-refractivity contribution in [1.82, 2.24) is 9.55 Å². The van der Waals surface area contributed by atoms with Crippen molar-refractivity contribution in [3.05, 3.63) is 47.2 Å². The largest absolute Gasteiger partial charge is 0.507 e. The maximum Gasteiger partial charge on any atom is 0.148 e. The Hall–Kier alpha value is -2.07.